The molecule has 2 rings (SSSR count). The van der Waals surface area contributed by atoms with Gasteiger partial charge in [-0.05, 0) is 38.1 Å². The summed E-state index contributed by atoms with van der Waals surface area (Å²) < 4.78 is 31.5. The zero-order valence-corrected chi connectivity index (χ0v) is 13.0. The number of nitrogens with zero attached hydrogens (tertiary/aromatic N) is 1. The number of carbonyl (C=O) groups excluding carboxylic acids is 1. The minimum absolute atomic E-state index is 0.0894. The molecule has 0 aromatic heterocycles. The number of hydrogen-bond acceptors (Lipinski definition) is 5. The molecule has 1 unspecified atom stereocenters. The Kier molecular flexibility index (Phi) is 4.97. The average molecular weight is 312 g/mol. The van der Waals surface area contributed by atoms with Crippen molar-refractivity contribution in [3.63, 3.8) is 0 Å². The normalized spacial score (nSPS) is 20.2. The van der Waals surface area contributed by atoms with Crippen LogP contribution in [0.15, 0.2) is 29.2 Å². The largest absolute Gasteiger partial charge is 0.462 e. The zero-order chi connectivity index (χ0) is 15.5. The van der Waals surface area contributed by atoms with Gasteiger partial charge in [-0.2, -0.15) is 4.31 Å². The van der Waals surface area contributed by atoms with Gasteiger partial charge in [-0.1, -0.05) is 0 Å². The van der Waals surface area contributed by atoms with Crippen LogP contribution in [0.1, 0.15) is 24.2 Å². The maximum atomic E-state index is 12.6. The molecule has 1 aliphatic heterocycles. The number of sulfonamides is 1. The SMILES string of the molecule is CCOC(=O)c1ccc(S(=O)(=O)N2CCNCC2C)cc1. The summed E-state index contributed by atoms with van der Waals surface area (Å²) in [6, 6.07) is 5.79. The van der Waals surface area contributed by atoms with Gasteiger partial charge < -0.3 is 10.1 Å². The molecular weight excluding hydrogens is 292 g/mol. The Hall–Kier alpha value is -1.44. The van der Waals surface area contributed by atoms with Crippen LogP contribution in [-0.2, 0) is 14.8 Å². The Balaban J connectivity index is 2.22. The molecule has 0 spiro atoms. The lowest BCUT2D eigenvalue weighted by Crippen LogP contribution is -2.52. The molecular formula is C14H20N2O4S. The molecule has 0 radical (unpaired) electrons. The third-order valence-corrected chi connectivity index (χ3v) is 5.44. The lowest BCUT2D eigenvalue weighted by molar-refractivity contribution is 0.0526. The number of carbonyl (C=O) groups is 1. The van der Waals surface area contributed by atoms with Crippen LogP contribution in [0.5, 0.6) is 0 Å². The molecule has 1 N–H and O–H groups in total. The summed E-state index contributed by atoms with van der Waals surface area (Å²) in [4.78, 5) is 11.8. The Morgan fingerprint density at radius 3 is 2.62 bits per heavy atom. The molecule has 6 nitrogen and oxygen atoms in total. The third kappa shape index (κ3) is 3.42. The summed E-state index contributed by atoms with van der Waals surface area (Å²) in [5.41, 5.74) is 0.351. The average Bonchev–Trinajstić information content (AvgIpc) is 2.48. The standard InChI is InChI=1S/C14H20N2O4S/c1-3-20-14(17)12-4-6-13(7-5-12)21(18,19)16-9-8-15-10-11(16)2/h4-7,11,15H,3,8-10H2,1-2H3. The molecule has 0 bridgehead atoms. The van der Waals surface area contributed by atoms with Gasteiger partial charge in [0.2, 0.25) is 10.0 Å². The molecule has 1 saturated heterocycles. The van der Waals surface area contributed by atoms with Crippen LogP contribution < -0.4 is 5.32 Å². The number of rotatable bonds is 4. The van der Waals surface area contributed by atoms with E-state index in [0.717, 1.165) is 0 Å². The fourth-order valence-electron chi connectivity index (χ4n) is 2.29. The van der Waals surface area contributed by atoms with Crippen LogP contribution in [0.25, 0.3) is 0 Å². The van der Waals surface area contributed by atoms with Gasteiger partial charge in [-0.3, -0.25) is 0 Å². The van der Waals surface area contributed by atoms with E-state index in [2.05, 4.69) is 5.32 Å². The maximum Gasteiger partial charge on any atom is 0.338 e. The van der Waals surface area contributed by atoms with Gasteiger partial charge >= 0.3 is 5.97 Å². The monoisotopic (exact) mass is 312 g/mol. The fraction of sp³-hybridized carbons (Fsp3) is 0.500. The molecule has 1 aliphatic rings. The van der Waals surface area contributed by atoms with Crippen molar-refractivity contribution in [2.24, 2.45) is 0 Å². The van der Waals surface area contributed by atoms with Crippen molar-refractivity contribution in [1.82, 2.24) is 9.62 Å². The van der Waals surface area contributed by atoms with Crippen LogP contribution >= 0.6 is 0 Å². The van der Waals surface area contributed by atoms with E-state index in [0.29, 0.717) is 25.2 Å². The van der Waals surface area contributed by atoms with E-state index in [4.69, 9.17) is 4.74 Å². The lowest BCUT2D eigenvalue weighted by Gasteiger charge is -2.32. The van der Waals surface area contributed by atoms with Crippen molar-refractivity contribution in [2.75, 3.05) is 26.2 Å². The second-order valence-electron chi connectivity index (χ2n) is 4.91. The fourth-order valence-corrected chi connectivity index (χ4v) is 3.92. The minimum Gasteiger partial charge on any atom is -0.462 e. The van der Waals surface area contributed by atoms with E-state index >= 15 is 0 Å². The highest BCUT2D eigenvalue weighted by Crippen LogP contribution is 2.20. The number of piperazine rings is 1. The van der Waals surface area contributed by atoms with Gasteiger partial charge in [0.25, 0.3) is 0 Å². The number of benzene rings is 1. The first-order valence-electron chi connectivity index (χ1n) is 6.96. The molecule has 1 heterocycles. The number of hydrogen-bond donors (Lipinski definition) is 1. The van der Waals surface area contributed by atoms with Crippen LogP contribution in [0.4, 0.5) is 0 Å². The summed E-state index contributed by atoms with van der Waals surface area (Å²) in [5.74, 6) is -0.447. The third-order valence-electron chi connectivity index (χ3n) is 3.41. The van der Waals surface area contributed by atoms with Gasteiger partial charge in [-0.15, -0.1) is 0 Å². The Morgan fingerprint density at radius 2 is 2.05 bits per heavy atom. The van der Waals surface area contributed by atoms with Gasteiger partial charge in [0.1, 0.15) is 0 Å². The first kappa shape index (κ1) is 15.9. The van der Waals surface area contributed by atoms with Gasteiger partial charge in [0, 0.05) is 25.7 Å². The summed E-state index contributed by atoms with van der Waals surface area (Å²) in [5, 5.41) is 3.16. The van der Waals surface area contributed by atoms with Crippen LogP contribution in [-0.4, -0.2) is 51.0 Å². The van der Waals surface area contributed by atoms with E-state index in [-0.39, 0.29) is 17.5 Å². The molecule has 116 valence electrons. The second kappa shape index (κ2) is 6.55. The van der Waals surface area contributed by atoms with Crippen molar-refractivity contribution >= 4 is 16.0 Å². The summed E-state index contributed by atoms with van der Waals surface area (Å²) in [6.45, 7) is 5.62. The zero-order valence-electron chi connectivity index (χ0n) is 12.2. The van der Waals surface area contributed by atoms with E-state index in [1.54, 1.807) is 6.92 Å². The molecule has 0 amide bonds. The molecule has 1 atom stereocenters. The topological polar surface area (TPSA) is 75.7 Å². The minimum atomic E-state index is -3.52. The van der Waals surface area contributed by atoms with Gasteiger partial charge in [0.15, 0.2) is 0 Å². The quantitative estimate of drug-likeness (QED) is 0.834. The van der Waals surface area contributed by atoms with E-state index < -0.39 is 16.0 Å². The van der Waals surface area contributed by atoms with E-state index in [9.17, 15) is 13.2 Å². The number of nitrogens with one attached hydrogen (secondary N) is 1. The molecule has 1 aromatic carbocycles. The number of ether oxygens (including phenoxy) is 1. The Bertz CT molecular complexity index is 598. The van der Waals surface area contributed by atoms with E-state index in [1.807, 2.05) is 6.92 Å². The maximum absolute atomic E-state index is 12.6. The first-order valence-corrected chi connectivity index (χ1v) is 8.40. The van der Waals surface area contributed by atoms with Crippen molar-refractivity contribution in [3.05, 3.63) is 29.8 Å². The van der Waals surface area contributed by atoms with Crippen LogP contribution in [0, 0.1) is 0 Å². The molecule has 0 aliphatic carbocycles. The van der Waals surface area contributed by atoms with Crippen molar-refractivity contribution in [1.29, 1.82) is 0 Å². The highest BCUT2D eigenvalue weighted by atomic mass is 32.2. The molecule has 21 heavy (non-hydrogen) atoms. The van der Waals surface area contributed by atoms with Gasteiger partial charge in [0.05, 0.1) is 17.1 Å². The smallest absolute Gasteiger partial charge is 0.338 e. The molecule has 0 saturated carbocycles. The van der Waals surface area contributed by atoms with Crippen molar-refractivity contribution in [3.8, 4) is 0 Å². The van der Waals surface area contributed by atoms with Crippen molar-refractivity contribution in [2.45, 2.75) is 24.8 Å². The van der Waals surface area contributed by atoms with Crippen LogP contribution in [0.2, 0.25) is 0 Å². The summed E-state index contributed by atoms with van der Waals surface area (Å²) in [7, 11) is -3.52. The molecule has 7 heteroatoms. The highest BCUT2D eigenvalue weighted by Gasteiger charge is 2.30. The highest BCUT2D eigenvalue weighted by molar-refractivity contribution is 7.89. The summed E-state index contributed by atoms with van der Waals surface area (Å²) in [6.07, 6.45) is 0. The predicted octanol–water partition coefficient (Wildman–Crippen LogP) is 0.846. The molecule has 1 fully saturated rings. The Morgan fingerprint density at radius 1 is 1.38 bits per heavy atom. The Labute approximate surface area is 125 Å². The van der Waals surface area contributed by atoms with Gasteiger partial charge in [-0.25, -0.2) is 13.2 Å². The first-order chi connectivity index (χ1) is 9.96. The molecule has 1 aromatic rings. The van der Waals surface area contributed by atoms with E-state index in [1.165, 1.54) is 28.6 Å². The van der Waals surface area contributed by atoms with Crippen LogP contribution in [0.3, 0.4) is 0 Å². The summed E-state index contributed by atoms with van der Waals surface area (Å²) >= 11 is 0. The van der Waals surface area contributed by atoms with Crippen molar-refractivity contribution < 1.29 is 17.9 Å². The number of esters is 1. The predicted molar refractivity (Wildman–Crippen MR) is 78.6 cm³/mol. The lowest BCUT2D eigenvalue weighted by atomic mass is 10.2. The second-order valence-corrected chi connectivity index (χ2v) is 6.80.